The number of nitrogens with one attached hydrogen (secondary N) is 1. The van der Waals surface area contributed by atoms with E-state index in [1.54, 1.807) is 31.6 Å². The van der Waals surface area contributed by atoms with Crippen LogP contribution in [0.2, 0.25) is 0 Å². The summed E-state index contributed by atoms with van der Waals surface area (Å²) in [4.78, 5) is 18.7. The zero-order valence-electron chi connectivity index (χ0n) is 13.3. The van der Waals surface area contributed by atoms with Crippen molar-refractivity contribution in [3.05, 3.63) is 48.3 Å². The van der Waals surface area contributed by atoms with Crippen LogP contribution in [0.4, 0.5) is 11.4 Å². The zero-order chi connectivity index (χ0) is 16.1. The lowest BCUT2D eigenvalue weighted by atomic mass is 10.1. The van der Waals surface area contributed by atoms with Crippen LogP contribution in [-0.4, -0.2) is 31.1 Å². The fraction of sp³-hybridized carbons (Fsp3) is 0.333. The highest BCUT2D eigenvalue weighted by atomic mass is 16.5. The van der Waals surface area contributed by atoms with Crippen molar-refractivity contribution in [1.82, 2.24) is 4.98 Å². The van der Waals surface area contributed by atoms with E-state index in [1.807, 2.05) is 18.2 Å². The number of carbonyl (C=O) groups is 1. The number of hydrogen-bond acceptors (Lipinski definition) is 4. The summed E-state index contributed by atoms with van der Waals surface area (Å²) in [6, 6.07) is 9.42. The van der Waals surface area contributed by atoms with E-state index in [-0.39, 0.29) is 5.91 Å². The SMILES string of the molecule is COc1ccc(N2CCCCC2)cc1NC(=O)c1cccnc1. The molecular weight excluding hydrogens is 290 g/mol. The third kappa shape index (κ3) is 3.62. The summed E-state index contributed by atoms with van der Waals surface area (Å²) in [6.45, 7) is 2.12. The Morgan fingerprint density at radius 3 is 2.74 bits per heavy atom. The highest BCUT2D eigenvalue weighted by molar-refractivity contribution is 6.05. The molecule has 1 amide bonds. The van der Waals surface area contributed by atoms with Crippen LogP contribution in [0.25, 0.3) is 0 Å². The number of aromatic nitrogens is 1. The van der Waals surface area contributed by atoms with Crippen LogP contribution >= 0.6 is 0 Å². The number of benzene rings is 1. The molecule has 0 spiro atoms. The molecule has 0 atom stereocenters. The van der Waals surface area contributed by atoms with Crippen molar-refractivity contribution in [2.45, 2.75) is 19.3 Å². The number of nitrogens with zero attached hydrogens (tertiary/aromatic N) is 2. The molecule has 5 nitrogen and oxygen atoms in total. The fourth-order valence-corrected chi connectivity index (χ4v) is 2.83. The second-order valence-corrected chi connectivity index (χ2v) is 5.63. The van der Waals surface area contributed by atoms with E-state index >= 15 is 0 Å². The lowest BCUT2D eigenvalue weighted by molar-refractivity contribution is 0.102. The number of anilines is 2. The third-order valence-corrected chi connectivity index (χ3v) is 4.08. The third-order valence-electron chi connectivity index (χ3n) is 4.08. The summed E-state index contributed by atoms with van der Waals surface area (Å²) < 4.78 is 5.38. The Labute approximate surface area is 136 Å². The lowest BCUT2D eigenvalue weighted by Crippen LogP contribution is -2.29. The van der Waals surface area contributed by atoms with E-state index < -0.39 is 0 Å². The van der Waals surface area contributed by atoms with Gasteiger partial charge in [-0.3, -0.25) is 9.78 Å². The average molecular weight is 311 g/mol. The largest absolute Gasteiger partial charge is 0.495 e. The normalized spacial score (nSPS) is 14.4. The number of rotatable bonds is 4. The van der Waals surface area contributed by atoms with Gasteiger partial charge in [-0.2, -0.15) is 0 Å². The summed E-state index contributed by atoms with van der Waals surface area (Å²) in [5.41, 5.74) is 2.33. The zero-order valence-corrected chi connectivity index (χ0v) is 13.3. The minimum atomic E-state index is -0.188. The van der Waals surface area contributed by atoms with Gasteiger partial charge in [-0.05, 0) is 49.6 Å². The molecule has 1 aliphatic heterocycles. The first-order chi connectivity index (χ1) is 11.3. The van der Waals surface area contributed by atoms with E-state index in [1.165, 1.54) is 19.3 Å². The molecule has 120 valence electrons. The molecule has 0 unspecified atom stereocenters. The predicted octanol–water partition coefficient (Wildman–Crippen LogP) is 3.33. The molecule has 1 aromatic heterocycles. The van der Waals surface area contributed by atoms with Gasteiger partial charge in [-0.25, -0.2) is 0 Å². The molecule has 1 saturated heterocycles. The molecule has 1 aromatic carbocycles. The molecule has 1 aliphatic rings. The van der Waals surface area contributed by atoms with Crippen LogP contribution in [0.3, 0.4) is 0 Å². The maximum Gasteiger partial charge on any atom is 0.257 e. The Morgan fingerprint density at radius 2 is 2.04 bits per heavy atom. The summed E-state index contributed by atoms with van der Waals surface area (Å²) in [5.74, 6) is 0.468. The topological polar surface area (TPSA) is 54.5 Å². The molecule has 0 radical (unpaired) electrons. The molecule has 1 N–H and O–H groups in total. The highest BCUT2D eigenvalue weighted by Gasteiger charge is 2.15. The Morgan fingerprint density at radius 1 is 1.22 bits per heavy atom. The van der Waals surface area contributed by atoms with Crippen molar-refractivity contribution >= 4 is 17.3 Å². The molecular formula is C18H21N3O2. The van der Waals surface area contributed by atoms with Crippen molar-refractivity contribution in [2.24, 2.45) is 0 Å². The van der Waals surface area contributed by atoms with Gasteiger partial charge >= 0.3 is 0 Å². The first-order valence-electron chi connectivity index (χ1n) is 7.92. The van der Waals surface area contributed by atoms with Crippen LogP contribution in [0.15, 0.2) is 42.7 Å². The molecule has 2 heterocycles. The molecule has 5 heteroatoms. The second kappa shape index (κ2) is 7.13. The van der Waals surface area contributed by atoms with Gasteiger partial charge < -0.3 is 15.0 Å². The fourth-order valence-electron chi connectivity index (χ4n) is 2.83. The molecule has 0 bridgehead atoms. The van der Waals surface area contributed by atoms with Crippen molar-refractivity contribution in [1.29, 1.82) is 0 Å². The van der Waals surface area contributed by atoms with Crippen molar-refractivity contribution in [3.63, 3.8) is 0 Å². The number of methoxy groups -OCH3 is 1. The quantitative estimate of drug-likeness (QED) is 0.941. The molecule has 0 saturated carbocycles. The minimum absolute atomic E-state index is 0.188. The minimum Gasteiger partial charge on any atom is -0.495 e. The molecule has 0 aliphatic carbocycles. The molecule has 3 rings (SSSR count). The van der Waals surface area contributed by atoms with Gasteiger partial charge in [0.05, 0.1) is 18.4 Å². The maximum absolute atomic E-state index is 12.3. The van der Waals surface area contributed by atoms with Gasteiger partial charge in [0.25, 0.3) is 5.91 Å². The van der Waals surface area contributed by atoms with Gasteiger partial charge in [0.15, 0.2) is 0 Å². The number of amides is 1. The van der Waals surface area contributed by atoms with Crippen molar-refractivity contribution in [3.8, 4) is 5.75 Å². The van der Waals surface area contributed by atoms with Crippen LogP contribution in [0.5, 0.6) is 5.75 Å². The number of hydrogen-bond donors (Lipinski definition) is 1. The van der Waals surface area contributed by atoms with Gasteiger partial charge in [0, 0.05) is 31.2 Å². The van der Waals surface area contributed by atoms with Crippen LogP contribution in [0.1, 0.15) is 29.6 Å². The number of ether oxygens (including phenoxy) is 1. The van der Waals surface area contributed by atoms with Crippen molar-refractivity contribution in [2.75, 3.05) is 30.4 Å². The van der Waals surface area contributed by atoms with Crippen LogP contribution in [0, 0.1) is 0 Å². The van der Waals surface area contributed by atoms with Crippen LogP contribution < -0.4 is 15.0 Å². The average Bonchev–Trinajstić information content (AvgIpc) is 2.63. The number of carbonyl (C=O) groups excluding carboxylic acids is 1. The highest BCUT2D eigenvalue weighted by Crippen LogP contribution is 2.31. The Balaban J connectivity index is 1.83. The number of pyridine rings is 1. The Bertz CT molecular complexity index is 667. The van der Waals surface area contributed by atoms with E-state index in [9.17, 15) is 4.79 Å². The van der Waals surface area contributed by atoms with Gasteiger partial charge in [-0.15, -0.1) is 0 Å². The lowest BCUT2D eigenvalue weighted by Gasteiger charge is -2.29. The summed E-state index contributed by atoms with van der Waals surface area (Å²) >= 11 is 0. The van der Waals surface area contributed by atoms with E-state index in [4.69, 9.17) is 4.74 Å². The van der Waals surface area contributed by atoms with Gasteiger partial charge in [-0.1, -0.05) is 0 Å². The smallest absolute Gasteiger partial charge is 0.257 e. The predicted molar refractivity (Wildman–Crippen MR) is 91.2 cm³/mol. The van der Waals surface area contributed by atoms with E-state index in [0.717, 1.165) is 18.8 Å². The molecule has 1 fully saturated rings. The Kier molecular flexibility index (Phi) is 4.76. The summed E-state index contributed by atoms with van der Waals surface area (Å²) in [5, 5.41) is 2.93. The van der Waals surface area contributed by atoms with E-state index in [0.29, 0.717) is 17.0 Å². The summed E-state index contributed by atoms with van der Waals surface area (Å²) in [6.07, 6.45) is 6.91. The maximum atomic E-state index is 12.3. The van der Waals surface area contributed by atoms with E-state index in [2.05, 4.69) is 15.2 Å². The second-order valence-electron chi connectivity index (χ2n) is 5.63. The van der Waals surface area contributed by atoms with Gasteiger partial charge in [0.2, 0.25) is 0 Å². The monoisotopic (exact) mass is 311 g/mol. The Hall–Kier alpha value is -2.56. The standard InChI is InChI=1S/C18H21N3O2/c1-23-17-8-7-15(21-10-3-2-4-11-21)12-16(17)20-18(22)14-6-5-9-19-13-14/h5-9,12-13H,2-4,10-11H2,1H3,(H,20,22). The van der Waals surface area contributed by atoms with Crippen LogP contribution in [-0.2, 0) is 0 Å². The first-order valence-corrected chi connectivity index (χ1v) is 7.92. The molecule has 2 aromatic rings. The van der Waals surface area contributed by atoms with Crippen molar-refractivity contribution < 1.29 is 9.53 Å². The molecule has 23 heavy (non-hydrogen) atoms. The first kappa shape index (κ1) is 15.3. The number of piperidine rings is 1. The summed E-state index contributed by atoms with van der Waals surface area (Å²) in [7, 11) is 1.61. The van der Waals surface area contributed by atoms with Gasteiger partial charge in [0.1, 0.15) is 5.75 Å².